The van der Waals surface area contributed by atoms with Gasteiger partial charge >= 0.3 is 17.9 Å². The first-order valence-corrected chi connectivity index (χ1v) is 9.78. The van der Waals surface area contributed by atoms with Gasteiger partial charge in [-0.2, -0.15) is 49.9 Å². The molecule has 2 aromatic rings. The van der Waals surface area contributed by atoms with Crippen LogP contribution in [0.3, 0.4) is 0 Å². The molecule has 0 aliphatic rings. The van der Waals surface area contributed by atoms with Gasteiger partial charge in [0.05, 0.1) is 21.9 Å². The first kappa shape index (κ1) is 26.7. The van der Waals surface area contributed by atoms with E-state index in [1.807, 2.05) is 5.32 Å². The Morgan fingerprint density at radius 2 is 1.67 bits per heavy atom. The van der Waals surface area contributed by atoms with Crippen LogP contribution in [0.4, 0.5) is 45.3 Å². The molecule has 0 amide bonds. The molecule has 0 aliphatic carbocycles. The highest BCUT2D eigenvalue weighted by Crippen LogP contribution is 2.41. The number of nitriles is 1. The molecule has 0 saturated carbocycles. The van der Waals surface area contributed by atoms with Gasteiger partial charge in [-0.1, -0.05) is 23.2 Å². The number of benzene rings is 1. The van der Waals surface area contributed by atoms with Crippen molar-refractivity contribution in [3.8, 4) is 11.8 Å². The van der Waals surface area contributed by atoms with Crippen LogP contribution in [-0.4, -0.2) is 38.6 Å². The van der Waals surface area contributed by atoms with Crippen LogP contribution in [0.1, 0.15) is 11.3 Å². The number of nitrogens with zero attached hydrogens (tertiary/aromatic N) is 4. The van der Waals surface area contributed by atoms with Gasteiger partial charge in [0.1, 0.15) is 23.2 Å². The molecule has 180 valence electrons. The van der Waals surface area contributed by atoms with Crippen molar-refractivity contribution >= 4 is 46.2 Å². The van der Waals surface area contributed by atoms with Gasteiger partial charge < -0.3 is 5.32 Å². The molecule has 0 aliphatic heterocycles. The van der Waals surface area contributed by atoms with Crippen molar-refractivity contribution in [2.75, 3.05) is 11.9 Å². The van der Waals surface area contributed by atoms with Crippen LogP contribution in [0, 0.1) is 11.3 Å². The van der Waals surface area contributed by atoms with E-state index in [9.17, 15) is 43.7 Å². The van der Waals surface area contributed by atoms with E-state index < -0.39 is 72.9 Å². The van der Waals surface area contributed by atoms with Crippen LogP contribution >= 0.6 is 23.2 Å². The minimum Gasteiger partial charge on any atom is -0.330 e. The molecule has 33 heavy (non-hydrogen) atoms. The lowest BCUT2D eigenvalue weighted by molar-refractivity contribution is -0.137. The van der Waals surface area contributed by atoms with E-state index in [2.05, 4.69) is 10.1 Å². The van der Waals surface area contributed by atoms with Crippen molar-refractivity contribution in [3.05, 3.63) is 33.4 Å². The second-order valence-electron chi connectivity index (χ2n) is 5.78. The molecule has 0 fully saturated rings. The Morgan fingerprint density at radius 1 is 1.12 bits per heavy atom. The van der Waals surface area contributed by atoms with E-state index in [1.54, 1.807) is 0 Å². The molecule has 1 unspecified atom stereocenters. The third-order valence-electron chi connectivity index (χ3n) is 3.46. The van der Waals surface area contributed by atoms with Gasteiger partial charge in [-0.05, 0) is 12.1 Å². The number of anilines is 1. The minimum atomic E-state index is -5.45. The van der Waals surface area contributed by atoms with Crippen LogP contribution in [0.2, 0.25) is 10.0 Å². The summed E-state index contributed by atoms with van der Waals surface area (Å²) < 4.78 is 127. The topological polar surface area (TPSA) is 83.1 Å². The van der Waals surface area contributed by atoms with Gasteiger partial charge in [0.2, 0.25) is 0 Å². The molecule has 0 saturated heterocycles. The van der Waals surface area contributed by atoms with Gasteiger partial charge in [-0.25, -0.2) is 8.89 Å². The van der Waals surface area contributed by atoms with Crippen LogP contribution in [-0.2, 0) is 17.0 Å². The van der Waals surface area contributed by atoms with Gasteiger partial charge in [-0.15, -0.1) is 0 Å². The Balaban J connectivity index is 2.77. The van der Waals surface area contributed by atoms with Gasteiger partial charge in [0.25, 0.3) is 0 Å². The average molecular weight is 546 g/mol. The van der Waals surface area contributed by atoms with E-state index in [-0.39, 0.29) is 6.34 Å². The Kier molecular flexibility index (Phi) is 7.61. The number of aliphatic imine (C=N–C) groups is 1. The van der Waals surface area contributed by atoms with Crippen molar-refractivity contribution in [1.82, 2.24) is 9.78 Å². The second kappa shape index (κ2) is 9.39. The lowest BCUT2D eigenvalue weighted by Gasteiger charge is -2.15. The van der Waals surface area contributed by atoms with E-state index in [0.717, 1.165) is 0 Å². The lowest BCUT2D eigenvalue weighted by atomic mass is 10.2. The van der Waals surface area contributed by atoms with E-state index in [4.69, 9.17) is 28.5 Å². The van der Waals surface area contributed by atoms with Crippen LogP contribution in [0.25, 0.3) is 5.69 Å². The summed E-state index contributed by atoms with van der Waals surface area (Å²) in [5.74, 6) is -1.02. The molecule has 2 rings (SSSR count). The van der Waals surface area contributed by atoms with Crippen molar-refractivity contribution in [3.63, 3.8) is 0 Å². The Bertz CT molecular complexity index is 1130. The summed E-state index contributed by atoms with van der Waals surface area (Å²) in [4.78, 5) is 1.54. The summed E-state index contributed by atoms with van der Waals surface area (Å²) in [7, 11) is -3.95. The summed E-state index contributed by atoms with van der Waals surface area (Å²) >= 11 is 11.6. The highest BCUT2D eigenvalue weighted by molar-refractivity contribution is 7.86. The van der Waals surface area contributed by atoms with Gasteiger partial charge in [0.15, 0.2) is 22.3 Å². The third-order valence-corrected chi connectivity index (χ3v) is 5.22. The van der Waals surface area contributed by atoms with Gasteiger partial charge in [0, 0.05) is 0 Å². The minimum absolute atomic E-state index is 0.269. The quantitative estimate of drug-likeness (QED) is 0.297. The number of alkyl halides is 9. The van der Waals surface area contributed by atoms with Crippen molar-refractivity contribution in [2.45, 2.75) is 22.8 Å². The predicted molar refractivity (Wildman–Crippen MR) is 98.8 cm³/mol. The molecule has 0 bridgehead atoms. The highest BCUT2D eigenvalue weighted by Gasteiger charge is 2.43. The van der Waals surface area contributed by atoms with E-state index in [1.165, 1.54) is 6.07 Å². The fourth-order valence-corrected chi connectivity index (χ4v) is 3.71. The summed E-state index contributed by atoms with van der Waals surface area (Å²) in [6, 6.07) is 1.90. The number of hydrogen-bond acceptors (Lipinski definition) is 4. The molecule has 1 heterocycles. The van der Waals surface area contributed by atoms with Crippen LogP contribution < -0.4 is 5.32 Å². The van der Waals surface area contributed by atoms with Crippen molar-refractivity contribution < 1.29 is 43.7 Å². The molecular formula is C15H6Cl2F9N5OS. The Hall–Kier alpha value is -2.51. The summed E-state index contributed by atoms with van der Waals surface area (Å²) in [6.07, 6.45) is -9.43. The fraction of sp³-hybridized carbons (Fsp3) is 0.267. The first-order chi connectivity index (χ1) is 15.0. The largest absolute Gasteiger partial charge is 0.476 e. The Labute approximate surface area is 190 Å². The molecular weight excluding hydrogens is 540 g/mol. The maximum Gasteiger partial charge on any atom is 0.476 e. The molecule has 0 radical (unpaired) electrons. The number of rotatable bonds is 5. The van der Waals surface area contributed by atoms with E-state index in [0.29, 0.717) is 16.8 Å². The number of hydrogen-bond donors (Lipinski definition) is 1. The molecule has 1 N–H and O–H groups in total. The highest BCUT2D eigenvalue weighted by atomic mass is 35.5. The first-order valence-electron chi connectivity index (χ1n) is 7.87. The number of halogens is 11. The number of nitrogens with one attached hydrogen (secondary N) is 1. The smallest absolute Gasteiger partial charge is 0.330 e. The lowest BCUT2D eigenvalue weighted by Crippen LogP contribution is -2.19. The third kappa shape index (κ3) is 6.30. The molecule has 1 atom stereocenters. The average Bonchev–Trinajstić information content (AvgIpc) is 2.99. The maximum atomic E-state index is 13.1. The zero-order chi connectivity index (χ0) is 25.4. The second-order valence-corrected chi connectivity index (χ2v) is 8.00. The summed E-state index contributed by atoms with van der Waals surface area (Å²) in [5.41, 5.74) is -8.59. The predicted octanol–water partition coefficient (Wildman–Crippen LogP) is 5.70. The van der Waals surface area contributed by atoms with Crippen molar-refractivity contribution in [1.29, 1.82) is 5.26 Å². The van der Waals surface area contributed by atoms with E-state index >= 15 is 0 Å². The maximum absolute atomic E-state index is 13.1. The Morgan fingerprint density at radius 3 is 2.09 bits per heavy atom. The summed E-state index contributed by atoms with van der Waals surface area (Å²) in [5, 5.41) is 12.8. The molecule has 6 nitrogen and oxygen atoms in total. The normalized spacial score (nSPS) is 13.9. The zero-order valence-electron chi connectivity index (χ0n) is 15.2. The monoisotopic (exact) mass is 545 g/mol. The molecule has 1 aromatic heterocycles. The molecule has 18 heteroatoms. The zero-order valence-corrected chi connectivity index (χ0v) is 17.5. The van der Waals surface area contributed by atoms with Crippen molar-refractivity contribution in [2.24, 2.45) is 4.99 Å². The standard InChI is InChI=1S/C15H6Cl2F9N5OS/c16-7-1-6(14(21,22)23)2-8(17)10(7)31-12(29-5-28-4-13(18,19)20)11(9(3-27)30-31)33(32)15(24,25)26/h1-2,5H,4H2,(H,28,29). The molecule has 0 spiro atoms. The van der Waals surface area contributed by atoms with Crippen LogP contribution in [0.15, 0.2) is 22.0 Å². The fourth-order valence-electron chi connectivity index (χ4n) is 2.24. The van der Waals surface area contributed by atoms with Crippen LogP contribution in [0.5, 0.6) is 0 Å². The number of aromatic nitrogens is 2. The SMILES string of the molecule is N#Cc1nn(-c2c(Cl)cc(C(F)(F)F)cc2Cl)c(NC=NCC(F)(F)F)c1S(=O)C(F)(F)F. The van der Waals surface area contributed by atoms with Gasteiger partial charge in [-0.3, -0.25) is 4.99 Å². The summed E-state index contributed by atoms with van der Waals surface area (Å²) in [6.45, 7) is -1.77. The molecule has 1 aromatic carbocycles.